The third kappa shape index (κ3) is 8.13. The lowest BCUT2D eigenvalue weighted by Gasteiger charge is -2.35. The quantitative estimate of drug-likeness (QED) is 0.437. The maximum absolute atomic E-state index is 9.28. The number of hydrogen-bond acceptors (Lipinski definition) is 6. The van der Waals surface area contributed by atoms with Crippen LogP contribution in [0.25, 0.3) is 0 Å². The number of benzene rings is 2. The fourth-order valence-electron chi connectivity index (χ4n) is 4.94. The summed E-state index contributed by atoms with van der Waals surface area (Å²) in [4.78, 5) is 4.59. The van der Waals surface area contributed by atoms with E-state index in [1.165, 1.54) is 17.5 Å². The van der Waals surface area contributed by atoms with Crippen molar-refractivity contribution in [3.05, 3.63) is 64.1 Å². The van der Waals surface area contributed by atoms with Gasteiger partial charge in [0.2, 0.25) is 0 Å². The summed E-state index contributed by atoms with van der Waals surface area (Å²) in [5.41, 5.74) is 3.22. The molecule has 0 atom stereocenters. The van der Waals surface area contributed by atoms with E-state index in [4.69, 9.17) is 14.4 Å². The molecule has 8 heteroatoms. The second-order valence-corrected chi connectivity index (χ2v) is 12.9. The predicted octanol–water partition coefficient (Wildman–Crippen LogP) is 3.65. The average molecular weight is 587 g/mol. The molecule has 0 saturated carbocycles. The van der Waals surface area contributed by atoms with Gasteiger partial charge < -0.3 is 19.5 Å². The van der Waals surface area contributed by atoms with Crippen LogP contribution >= 0.6 is 15.9 Å². The molecule has 0 aromatic heterocycles. The average Bonchev–Trinajstić information content (AvgIpc) is 3.05. The SMILES string of the molecule is CC1(C)OB(c2ccc(CCCN3CC(O)C3)cc2)OC1(C)C.OC1CN(CCCc2ccc(Br)cc2)C1. The zero-order valence-corrected chi connectivity index (χ0v) is 25.0. The molecule has 0 unspecified atom stereocenters. The minimum atomic E-state index is -0.294. The van der Waals surface area contributed by atoms with Crippen LogP contribution in [-0.2, 0) is 22.2 Å². The van der Waals surface area contributed by atoms with E-state index in [1.807, 2.05) is 0 Å². The number of rotatable bonds is 9. The highest BCUT2D eigenvalue weighted by atomic mass is 79.9. The molecule has 3 aliphatic heterocycles. The van der Waals surface area contributed by atoms with E-state index in [1.54, 1.807) is 0 Å². The van der Waals surface area contributed by atoms with Crippen molar-refractivity contribution in [1.29, 1.82) is 0 Å². The number of halogens is 1. The Kier molecular flexibility index (Phi) is 10.1. The van der Waals surface area contributed by atoms with Crippen LogP contribution in [0.5, 0.6) is 0 Å². The molecule has 0 radical (unpaired) electrons. The van der Waals surface area contributed by atoms with Crippen LogP contribution in [0.1, 0.15) is 51.7 Å². The molecular weight excluding hydrogens is 543 g/mol. The molecule has 5 rings (SSSR count). The Labute approximate surface area is 237 Å². The van der Waals surface area contributed by atoms with Crippen LogP contribution in [0.4, 0.5) is 0 Å². The van der Waals surface area contributed by atoms with Gasteiger partial charge in [-0.25, -0.2) is 0 Å². The standard InChI is InChI=1S/C18H28BNO3.C12H16BrNO/c1-17(2)18(3,4)23-19(22-17)15-9-7-14(8-10-15)6-5-11-20-12-16(21)13-20;13-11-5-3-10(4-6-11)2-1-7-14-8-12(15)9-14/h7-10,16,21H,5-6,11-13H2,1-4H3;3-6,12,15H,1-2,7-9H2. The van der Waals surface area contributed by atoms with E-state index in [0.717, 1.165) is 68.5 Å². The lowest BCUT2D eigenvalue weighted by atomic mass is 9.78. The van der Waals surface area contributed by atoms with Crippen molar-refractivity contribution in [3.63, 3.8) is 0 Å². The van der Waals surface area contributed by atoms with Crippen LogP contribution in [0.3, 0.4) is 0 Å². The Balaban J connectivity index is 0.000000194. The van der Waals surface area contributed by atoms with Crippen LogP contribution in [0, 0.1) is 0 Å². The molecule has 0 aliphatic carbocycles. The molecule has 2 aromatic rings. The first-order valence-corrected chi connectivity index (χ1v) is 14.8. The van der Waals surface area contributed by atoms with Gasteiger partial charge >= 0.3 is 7.12 Å². The van der Waals surface area contributed by atoms with Crippen molar-refractivity contribution in [2.45, 2.75) is 76.8 Å². The first kappa shape index (κ1) is 29.7. The highest BCUT2D eigenvalue weighted by Crippen LogP contribution is 2.36. The largest absolute Gasteiger partial charge is 0.494 e. The second kappa shape index (κ2) is 12.9. The lowest BCUT2D eigenvalue weighted by Crippen LogP contribution is -2.50. The van der Waals surface area contributed by atoms with Gasteiger partial charge in [-0.15, -0.1) is 0 Å². The Hall–Kier alpha value is -1.26. The second-order valence-electron chi connectivity index (χ2n) is 12.0. The third-order valence-corrected chi connectivity index (χ3v) is 8.70. The molecule has 208 valence electrons. The zero-order valence-electron chi connectivity index (χ0n) is 23.4. The summed E-state index contributed by atoms with van der Waals surface area (Å²) in [5.74, 6) is 0. The van der Waals surface area contributed by atoms with Crippen molar-refractivity contribution >= 4 is 28.5 Å². The van der Waals surface area contributed by atoms with Gasteiger partial charge in [0, 0.05) is 30.7 Å². The molecule has 3 aliphatic rings. The fourth-order valence-corrected chi connectivity index (χ4v) is 5.20. The van der Waals surface area contributed by atoms with Crippen LogP contribution in [-0.4, -0.2) is 89.8 Å². The van der Waals surface area contributed by atoms with Gasteiger partial charge in [0.15, 0.2) is 0 Å². The van der Waals surface area contributed by atoms with Gasteiger partial charge in [0.05, 0.1) is 23.4 Å². The number of aliphatic hydroxyl groups excluding tert-OH is 2. The van der Waals surface area contributed by atoms with E-state index in [-0.39, 0.29) is 30.5 Å². The number of likely N-dealkylation sites (tertiary alicyclic amines) is 2. The molecule has 38 heavy (non-hydrogen) atoms. The molecule has 2 N–H and O–H groups in total. The Morgan fingerprint density at radius 3 is 1.53 bits per heavy atom. The van der Waals surface area contributed by atoms with E-state index in [9.17, 15) is 5.11 Å². The summed E-state index contributed by atoms with van der Waals surface area (Å²) < 4.78 is 13.3. The monoisotopic (exact) mass is 586 g/mol. The normalized spacial score (nSPS) is 21.5. The van der Waals surface area contributed by atoms with Crippen LogP contribution < -0.4 is 5.46 Å². The summed E-state index contributed by atoms with van der Waals surface area (Å²) in [5, 5.41) is 18.4. The van der Waals surface area contributed by atoms with Gasteiger partial charge in [0.1, 0.15) is 0 Å². The van der Waals surface area contributed by atoms with Gasteiger partial charge in [-0.2, -0.15) is 0 Å². The molecule has 0 amide bonds. The van der Waals surface area contributed by atoms with Gasteiger partial charge in [-0.3, -0.25) is 9.80 Å². The molecule has 0 bridgehead atoms. The van der Waals surface area contributed by atoms with E-state index in [2.05, 4.69) is 102 Å². The van der Waals surface area contributed by atoms with E-state index in [0.29, 0.717) is 0 Å². The first-order valence-electron chi connectivity index (χ1n) is 14.0. The van der Waals surface area contributed by atoms with Crippen LogP contribution in [0.2, 0.25) is 0 Å². The van der Waals surface area contributed by atoms with Gasteiger partial charge in [-0.1, -0.05) is 52.3 Å². The molecular formula is C30H44BBrN2O4. The smallest absolute Gasteiger partial charge is 0.399 e. The molecule has 3 fully saturated rings. The number of hydrogen-bond donors (Lipinski definition) is 2. The van der Waals surface area contributed by atoms with Crippen LogP contribution in [0.15, 0.2) is 53.0 Å². The van der Waals surface area contributed by atoms with E-state index >= 15 is 0 Å². The Bertz CT molecular complexity index is 990. The van der Waals surface area contributed by atoms with Gasteiger partial charge in [0.25, 0.3) is 0 Å². The number of aryl methyl sites for hydroxylation is 2. The number of nitrogens with zero attached hydrogens (tertiary/aromatic N) is 2. The van der Waals surface area contributed by atoms with Crippen molar-refractivity contribution in [1.82, 2.24) is 9.80 Å². The minimum Gasteiger partial charge on any atom is -0.399 e. The highest BCUT2D eigenvalue weighted by molar-refractivity contribution is 9.10. The maximum atomic E-state index is 9.28. The zero-order chi connectivity index (χ0) is 27.3. The fraction of sp³-hybridized carbons (Fsp3) is 0.600. The maximum Gasteiger partial charge on any atom is 0.494 e. The first-order chi connectivity index (χ1) is 18.0. The van der Waals surface area contributed by atoms with Gasteiger partial charge in [-0.05, 0) is 95.2 Å². The molecule has 2 aromatic carbocycles. The summed E-state index contributed by atoms with van der Waals surface area (Å²) in [6.45, 7) is 13.9. The Morgan fingerprint density at radius 1 is 0.737 bits per heavy atom. The highest BCUT2D eigenvalue weighted by Gasteiger charge is 2.51. The number of β-amino-alcohol motifs (C(OH)–C–C–N with tert-alkyl or cyclic N) is 2. The molecule has 3 heterocycles. The van der Waals surface area contributed by atoms with Crippen molar-refractivity contribution in [2.75, 3.05) is 39.3 Å². The Morgan fingerprint density at radius 2 is 1.13 bits per heavy atom. The summed E-state index contributed by atoms with van der Waals surface area (Å²) in [7, 11) is -0.281. The summed E-state index contributed by atoms with van der Waals surface area (Å²) in [6.07, 6.45) is 4.32. The van der Waals surface area contributed by atoms with Crippen molar-refractivity contribution < 1.29 is 19.5 Å². The third-order valence-electron chi connectivity index (χ3n) is 8.17. The van der Waals surface area contributed by atoms with Crippen molar-refractivity contribution in [3.8, 4) is 0 Å². The minimum absolute atomic E-state index is 0.0716. The number of aliphatic hydroxyl groups is 2. The summed E-state index contributed by atoms with van der Waals surface area (Å²) in [6, 6.07) is 17.1. The summed E-state index contributed by atoms with van der Waals surface area (Å²) >= 11 is 3.43. The molecule has 6 nitrogen and oxygen atoms in total. The lowest BCUT2D eigenvalue weighted by molar-refractivity contribution is 0.00169. The predicted molar refractivity (Wildman–Crippen MR) is 158 cm³/mol. The molecule has 3 saturated heterocycles. The van der Waals surface area contributed by atoms with Crippen molar-refractivity contribution in [2.24, 2.45) is 0 Å². The topological polar surface area (TPSA) is 65.4 Å². The van der Waals surface area contributed by atoms with E-state index < -0.39 is 0 Å². The molecule has 0 spiro atoms.